The van der Waals surface area contributed by atoms with Gasteiger partial charge in [-0.2, -0.15) is 0 Å². The Morgan fingerprint density at radius 2 is 1.81 bits per heavy atom. The second kappa shape index (κ2) is 6.08. The maximum Gasteiger partial charge on any atom is 0.261 e. The Morgan fingerprint density at radius 3 is 2.42 bits per heavy atom. The van der Waals surface area contributed by atoms with E-state index in [1.54, 1.807) is 12.1 Å². The third-order valence-electron chi connectivity index (χ3n) is 5.32. The van der Waals surface area contributed by atoms with Crippen LogP contribution in [0.3, 0.4) is 0 Å². The van der Waals surface area contributed by atoms with E-state index in [1.165, 1.54) is 24.1 Å². The Hall–Kier alpha value is -1.88. The molecule has 3 atom stereocenters. The molecule has 26 heavy (non-hydrogen) atoms. The minimum atomic E-state index is -2.03. The Balaban J connectivity index is 1.62. The zero-order valence-electron chi connectivity index (χ0n) is 14.1. The van der Waals surface area contributed by atoms with Gasteiger partial charge in [0, 0.05) is 16.1 Å². The fourth-order valence-electron chi connectivity index (χ4n) is 3.61. The van der Waals surface area contributed by atoms with Gasteiger partial charge < -0.3 is 10.4 Å². The van der Waals surface area contributed by atoms with Crippen LogP contribution >= 0.6 is 23.2 Å². The van der Waals surface area contributed by atoms with Gasteiger partial charge in [0.05, 0.1) is 17.1 Å². The van der Waals surface area contributed by atoms with Gasteiger partial charge >= 0.3 is 0 Å². The average molecular weight is 390 g/mol. The molecule has 6 heteroatoms. The summed E-state index contributed by atoms with van der Waals surface area (Å²) in [5.41, 5.74) is 0.0605. The molecule has 0 spiro atoms. The van der Waals surface area contributed by atoms with Crippen LogP contribution in [0.25, 0.3) is 0 Å². The van der Waals surface area contributed by atoms with Crippen molar-refractivity contribution in [2.24, 2.45) is 5.92 Å². The van der Waals surface area contributed by atoms with Crippen molar-refractivity contribution < 1.29 is 14.7 Å². The highest BCUT2D eigenvalue weighted by Crippen LogP contribution is 2.48. The second-order valence-corrected chi connectivity index (χ2v) is 7.95. The molecule has 1 aliphatic heterocycles. The van der Waals surface area contributed by atoms with Crippen LogP contribution in [-0.2, 0) is 10.4 Å². The van der Waals surface area contributed by atoms with Crippen LogP contribution in [-0.4, -0.2) is 16.8 Å². The van der Waals surface area contributed by atoms with Crippen LogP contribution in [0.2, 0.25) is 10.0 Å². The summed E-state index contributed by atoms with van der Waals surface area (Å²) >= 11 is 12.3. The van der Waals surface area contributed by atoms with Crippen LogP contribution in [0.1, 0.15) is 47.2 Å². The van der Waals surface area contributed by atoms with Crippen molar-refractivity contribution in [3.63, 3.8) is 0 Å². The number of benzene rings is 2. The number of rotatable bonds is 4. The van der Waals surface area contributed by atoms with Crippen molar-refractivity contribution >= 4 is 40.6 Å². The summed E-state index contributed by atoms with van der Waals surface area (Å²) in [6.07, 6.45) is 0.772. The molecule has 2 aliphatic rings. The second-order valence-electron chi connectivity index (χ2n) is 7.14. The molecule has 4 nitrogen and oxygen atoms in total. The van der Waals surface area contributed by atoms with Gasteiger partial charge in [-0.05, 0) is 36.0 Å². The van der Waals surface area contributed by atoms with Gasteiger partial charge in [0.1, 0.15) is 0 Å². The Labute approximate surface area is 161 Å². The van der Waals surface area contributed by atoms with Gasteiger partial charge in [-0.3, -0.25) is 9.59 Å². The third-order valence-corrected chi connectivity index (χ3v) is 5.95. The number of amides is 1. The molecular formula is C20H17Cl2NO3. The number of carbonyl (C=O) groups is 2. The molecule has 1 fully saturated rings. The predicted molar refractivity (Wildman–Crippen MR) is 101 cm³/mol. The highest BCUT2D eigenvalue weighted by atomic mass is 35.5. The highest BCUT2D eigenvalue weighted by Gasteiger charge is 2.49. The van der Waals surface area contributed by atoms with Gasteiger partial charge in [-0.1, -0.05) is 54.4 Å². The highest BCUT2D eigenvalue weighted by molar-refractivity contribution is 6.38. The predicted octanol–water partition coefficient (Wildman–Crippen LogP) is 4.53. The number of hydrogen-bond acceptors (Lipinski definition) is 3. The van der Waals surface area contributed by atoms with Crippen LogP contribution in [0.5, 0.6) is 0 Å². The van der Waals surface area contributed by atoms with Crippen molar-refractivity contribution in [2.75, 3.05) is 5.32 Å². The average Bonchev–Trinajstić information content (AvgIpc) is 3.28. The van der Waals surface area contributed by atoms with Crippen LogP contribution in [0, 0.1) is 5.92 Å². The molecule has 1 aliphatic carbocycles. The van der Waals surface area contributed by atoms with E-state index in [0.717, 1.165) is 0 Å². The van der Waals surface area contributed by atoms with Crippen molar-refractivity contribution in [2.45, 2.75) is 31.3 Å². The normalized spacial score (nSPS) is 26.4. The Morgan fingerprint density at radius 1 is 1.19 bits per heavy atom. The van der Waals surface area contributed by atoms with Crippen LogP contribution in [0.4, 0.5) is 5.69 Å². The SMILES string of the molecule is CC1CC1c1ccc(C(=O)CC2(O)C(=O)Nc3c(Cl)ccc(Cl)c32)cc1. The quantitative estimate of drug-likeness (QED) is 0.754. The summed E-state index contributed by atoms with van der Waals surface area (Å²) in [4.78, 5) is 25.1. The number of halogens is 2. The molecular weight excluding hydrogens is 373 g/mol. The molecule has 0 radical (unpaired) electrons. The van der Waals surface area contributed by atoms with E-state index in [2.05, 4.69) is 12.2 Å². The first-order valence-corrected chi connectivity index (χ1v) is 9.22. The molecule has 2 aromatic carbocycles. The number of nitrogens with one attached hydrogen (secondary N) is 1. The first-order valence-electron chi connectivity index (χ1n) is 8.46. The number of aliphatic hydroxyl groups is 1. The summed E-state index contributed by atoms with van der Waals surface area (Å²) in [6.45, 7) is 2.20. The summed E-state index contributed by atoms with van der Waals surface area (Å²) in [7, 11) is 0. The van der Waals surface area contributed by atoms with Gasteiger partial charge in [0.25, 0.3) is 5.91 Å². The molecule has 0 aromatic heterocycles. The lowest BCUT2D eigenvalue weighted by Gasteiger charge is -2.21. The first kappa shape index (κ1) is 17.5. The van der Waals surface area contributed by atoms with Crippen molar-refractivity contribution in [3.05, 3.63) is 63.1 Å². The van der Waals surface area contributed by atoms with Crippen LogP contribution < -0.4 is 5.32 Å². The molecule has 0 saturated heterocycles. The zero-order valence-corrected chi connectivity index (χ0v) is 15.6. The first-order chi connectivity index (χ1) is 12.3. The van der Waals surface area contributed by atoms with Gasteiger partial charge in [-0.15, -0.1) is 0 Å². The van der Waals surface area contributed by atoms with Crippen molar-refractivity contribution in [1.82, 2.24) is 0 Å². The maximum absolute atomic E-state index is 12.7. The van der Waals surface area contributed by atoms with E-state index in [-0.39, 0.29) is 27.1 Å². The Bertz CT molecular complexity index is 925. The fourth-order valence-corrected chi connectivity index (χ4v) is 4.13. The molecule has 4 rings (SSSR count). The maximum atomic E-state index is 12.7. The minimum Gasteiger partial charge on any atom is -0.375 e. The monoisotopic (exact) mass is 389 g/mol. The number of hydrogen-bond donors (Lipinski definition) is 2. The molecule has 134 valence electrons. The van der Waals surface area contributed by atoms with E-state index < -0.39 is 17.9 Å². The fraction of sp³-hybridized carbons (Fsp3) is 0.300. The summed E-state index contributed by atoms with van der Waals surface area (Å²) < 4.78 is 0. The van der Waals surface area contributed by atoms with E-state index in [1.807, 2.05) is 12.1 Å². The summed E-state index contributed by atoms with van der Waals surface area (Å²) in [5, 5.41) is 14.0. The summed E-state index contributed by atoms with van der Waals surface area (Å²) in [5.74, 6) is 0.223. The molecule has 1 saturated carbocycles. The van der Waals surface area contributed by atoms with Gasteiger partial charge in [0.2, 0.25) is 0 Å². The molecule has 2 aromatic rings. The van der Waals surface area contributed by atoms with E-state index in [0.29, 0.717) is 17.4 Å². The van der Waals surface area contributed by atoms with Gasteiger partial charge in [0.15, 0.2) is 11.4 Å². The molecule has 2 N–H and O–H groups in total. The Kier molecular flexibility index (Phi) is 4.10. The largest absolute Gasteiger partial charge is 0.375 e. The molecule has 0 bridgehead atoms. The van der Waals surface area contributed by atoms with Crippen molar-refractivity contribution in [3.8, 4) is 0 Å². The van der Waals surface area contributed by atoms with E-state index in [9.17, 15) is 14.7 Å². The smallest absolute Gasteiger partial charge is 0.261 e. The number of anilines is 1. The van der Waals surface area contributed by atoms with Crippen LogP contribution in [0.15, 0.2) is 36.4 Å². The standard InChI is InChI=1S/C20H17Cl2NO3/c1-10-8-13(10)11-2-4-12(5-3-11)16(24)9-20(26)17-14(21)6-7-15(22)18(17)23-19(20)25/h2-7,10,13,26H,8-9H2,1H3,(H,23,25). The number of fused-ring (bicyclic) bond motifs is 1. The molecule has 1 heterocycles. The zero-order chi connectivity index (χ0) is 18.6. The lowest BCUT2D eigenvalue weighted by molar-refractivity contribution is -0.133. The lowest BCUT2D eigenvalue weighted by Crippen LogP contribution is -2.36. The van der Waals surface area contributed by atoms with E-state index in [4.69, 9.17) is 23.2 Å². The van der Waals surface area contributed by atoms with E-state index >= 15 is 0 Å². The van der Waals surface area contributed by atoms with Gasteiger partial charge in [-0.25, -0.2) is 0 Å². The number of carbonyl (C=O) groups excluding carboxylic acids is 2. The van der Waals surface area contributed by atoms with Crippen molar-refractivity contribution in [1.29, 1.82) is 0 Å². The number of Topliss-reactive ketones (excluding diaryl/α,β-unsaturated/α-hetero) is 1. The number of ketones is 1. The third kappa shape index (κ3) is 2.73. The molecule has 3 unspecified atom stereocenters. The lowest BCUT2D eigenvalue weighted by atomic mass is 9.87. The molecule has 1 amide bonds. The summed E-state index contributed by atoms with van der Waals surface area (Å²) in [6, 6.07) is 10.4. The minimum absolute atomic E-state index is 0.161. The topological polar surface area (TPSA) is 66.4 Å².